The highest BCUT2D eigenvalue weighted by atomic mass is 16.6. The maximum Gasteiger partial charge on any atom is 0.337 e. The van der Waals surface area contributed by atoms with E-state index in [1.54, 1.807) is 6.08 Å². The van der Waals surface area contributed by atoms with E-state index in [9.17, 15) is 4.79 Å². The number of benzene rings is 2. The van der Waals surface area contributed by atoms with Gasteiger partial charge in [0.05, 0.1) is 13.2 Å². The summed E-state index contributed by atoms with van der Waals surface area (Å²) in [5.41, 5.74) is 5.29. The monoisotopic (exact) mass is 481 g/mol. The zero-order valence-electron chi connectivity index (χ0n) is 20.3. The number of rotatable bonds is 13. The first kappa shape index (κ1) is 26.6. The smallest absolute Gasteiger partial charge is 0.337 e. The van der Waals surface area contributed by atoms with Crippen molar-refractivity contribution < 1.29 is 28.8 Å². The van der Waals surface area contributed by atoms with E-state index in [-0.39, 0.29) is 13.2 Å². The molecule has 2 aromatic rings. The maximum atomic E-state index is 12.7. The van der Waals surface area contributed by atoms with Gasteiger partial charge in [0, 0.05) is 13.2 Å². The standard InChI is InChI=1S/C28H36N2O5/c1-3-25-27(34-19-11-17-23-14-8-5-9-15-23)26(21-32-20-24(30-29-2)28(31)35-25)33-18-10-16-22-12-6-4-7-13-22/h3-9,12-15,24-27,30H,1-2,10-11,16-21H2/p+1/t24-,25-,26-,27-/m0/s1. The Morgan fingerprint density at radius 3 is 2.11 bits per heavy atom. The topological polar surface area (TPSA) is 80.0 Å². The first-order valence-electron chi connectivity index (χ1n) is 12.2. The molecule has 7 nitrogen and oxygen atoms in total. The van der Waals surface area contributed by atoms with Gasteiger partial charge in [-0.15, -0.1) is 5.10 Å². The maximum absolute atomic E-state index is 12.7. The van der Waals surface area contributed by atoms with Crippen LogP contribution in [0.25, 0.3) is 0 Å². The molecule has 1 heterocycles. The molecule has 2 aromatic carbocycles. The normalized spacial score (nSPS) is 22.8. The minimum absolute atomic E-state index is 0.121. The van der Waals surface area contributed by atoms with Crippen molar-refractivity contribution in [3.05, 3.63) is 84.4 Å². The van der Waals surface area contributed by atoms with Gasteiger partial charge in [-0.2, -0.15) is 5.43 Å². The summed E-state index contributed by atoms with van der Waals surface area (Å²) in [7, 11) is 0. The van der Waals surface area contributed by atoms with E-state index in [0.29, 0.717) is 13.2 Å². The van der Waals surface area contributed by atoms with Crippen molar-refractivity contribution in [3.63, 3.8) is 0 Å². The van der Waals surface area contributed by atoms with Crippen LogP contribution in [0.4, 0.5) is 0 Å². The highest BCUT2D eigenvalue weighted by Gasteiger charge is 2.37. The van der Waals surface area contributed by atoms with E-state index in [4.69, 9.17) is 18.9 Å². The molecule has 0 bridgehead atoms. The molecule has 7 heteroatoms. The van der Waals surface area contributed by atoms with Crippen molar-refractivity contribution in [3.8, 4) is 0 Å². The van der Waals surface area contributed by atoms with Crippen molar-refractivity contribution in [1.29, 1.82) is 0 Å². The average molecular weight is 482 g/mol. The van der Waals surface area contributed by atoms with Gasteiger partial charge in [0.1, 0.15) is 18.3 Å². The molecule has 1 saturated heterocycles. The molecule has 188 valence electrons. The van der Waals surface area contributed by atoms with Gasteiger partial charge in [-0.05, 0) is 42.9 Å². The molecule has 1 aliphatic heterocycles. The summed E-state index contributed by atoms with van der Waals surface area (Å²) >= 11 is 0. The Bertz CT molecular complexity index is 893. The summed E-state index contributed by atoms with van der Waals surface area (Å²) < 4.78 is 24.1. The minimum atomic E-state index is -0.703. The van der Waals surface area contributed by atoms with E-state index in [2.05, 4.69) is 48.1 Å². The molecule has 0 aromatic heterocycles. The van der Waals surface area contributed by atoms with Crippen LogP contribution in [0.15, 0.2) is 73.3 Å². The molecule has 1 fully saturated rings. The summed E-state index contributed by atoms with van der Waals surface area (Å²) in [5.74, 6) is -0.464. The molecule has 4 atom stereocenters. The molecule has 0 saturated carbocycles. The van der Waals surface area contributed by atoms with Gasteiger partial charge in [0.2, 0.25) is 6.04 Å². The molecule has 0 unspecified atom stereocenters. The lowest BCUT2D eigenvalue weighted by Crippen LogP contribution is -2.82. The van der Waals surface area contributed by atoms with E-state index in [1.807, 2.05) is 36.4 Å². The van der Waals surface area contributed by atoms with Crippen LogP contribution < -0.4 is 10.5 Å². The quantitative estimate of drug-likeness (QED) is 0.149. The number of hydrogen-bond donors (Lipinski definition) is 2. The van der Waals surface area contributed by atoms with Crippen molar-refractivity contribution in [2.75, 3.05) is 26.4 Å². The zero-order chi connectivity index (χ0) is 24.7. The Balaban J connectivity index is 1.63. The second-order valence-corrected chi connectivity index (χ2v) is 8.47. The SMILES string of the molecule is C=C[C@@H]1OC(=O)[C@@H](N[NH+]=C)COC[C@H](OCCCc2ccccc2)[C@H]1OCCCc1ccccc1. The van der Waals surface area contributed by atoms with Crippen LogP contribution >= 0.6 is 0 Å². The van der Waals surface area contributed by atoms with Crippen LogP contribution in [0, 0.1) is 0 Å². The fourth-order valence-electron chi connectivity index (χ4n) is 4.01. The third-order valence-electron chi connectivity index (χ3n) is 5.85. The number of carbonyl (C=O) groups is 1. The van der Waals surface area contributed by atoms with E-state index in [1.165, 1.54) is 11.1 Å². The van der Waals surface area contributed by atoms with Crippen molar-refractivity contribution in [2.45, 2.75) is 50.0 Å². The number of ether oxygens (including phenoxy) is 4. The zero-order valence-corrected chi connectivity index (χ0v) is 20.3. The second-order valence-electron chi connectivity index (χ2n) is 8.47. The molecule has 35 heavy (non-hydrogen) atoms. The molecule has 3 rings (SSSR count). The van der Waals surface area contributed by atoms with E-state index in [0.717, 1.165) is 25.7 Å². The van der Waals surface area contributed by atoms with E-state index < -0.39 is 30.3 Å². The number of cyclic esters (lactones) is 1. The van der Waals surface area contributed by atoms with Gasteiger partial charge in [-0.25, -0.2) is 4.79 Å². The van der Waals surface area contributed by atoms with Gasteiger partial charge < -0.3 is 18.9 Å². The molecular weight excluding hydrogens is 444 g/mol. The molecule has 0 radical (unpaired) electrons. The summed E-state index contributed by atoms with van der Waals surface area (Å²) in [6.07, 6.45) is 3.48. The Morgan fingerprint density at radius 1 is 0.943 bits per heavy atom. The number of carbonyl (C=O) groups excluding carboxylic acids is 1. The van der Waals surface area contributed by atoms with Crippen LogP contribution in [-0.2, 0) is 36.6 Å². The number of hydrazine groups is 1. The highest BCUT2D eigenvalue weighted by molar-refractivity contribution is 5.76. The fraction of sp³-hybridized carbons (Fsp3) is 0.429. The lowest BCUT2D eigenvalue weighted by molar-refractivity contribution is -0.523. The Kier molecular flexibility index (Phi) is 11.5. The van der Waals surface area contributed by atoms with Gasteiger partial charge in [0.15, 0.2) is 6.72 Å². The highest BCUT2D eigenvalue weighted by Crippen LogP contribution is 2.19. The van der Waals surface area contributed by atoms with Gasteiger partial charge in [-0.3, -0.25) is 0 Å². The Morgan fingerprint density at radius 2 is 1.54 bits per heavy atom. The lowest BCUT2D eigenvalue weighted by atomic mass is 10.1. The molecule has 2 N–H and O–H groups in total. The van der Waals surface area contributed by atoms with Crippen molar-refractivity contribution in [1.82, 2.24) is 5.43 Å². The molecule has 0 amide bonds. The van der Waals surface area contributed by atoms with Crippen LogP contribution in [0.5, 0.6) is 0 Å². The fourth-order valence-corrected chi connectivity index (χ4v) is 4.01. The van der Waals surface area contributed by atoms with Crippen LogP contribution in [0.1, 0.15) is 24.0 Å². The van der Waals surface area contributed by atoms with Crippen LogP contribution in [-0.4, -0.2) is 63.5 Å². The summed E-state index contributed by atoms with van der Waals surface area (Å²) in [6, 6.07) is 19.9. The molecule has 1 aliphatic rings. The number of nitrogens with one attached hydrogen (secondary N) is 2. The minimum Gasteiger partial charge on any atom is -0.453 e. The second kappa shape index (κ2) is 15.1. The van der Waals surface area contributed by atoms with Crippen LogP contribution in [0.2, 0.25) is 0 Å². The number of esters is 1. The molecule has 0 aliphatic carbocycles. The van der Waals surface area contributed by atoms with Gasteiger partial charge in [-0.1, -0.05) is 67.2 Å². The first-order valence-corrected chi connectivity index (χ1v) is 12.2. The number of hydrazone groups is 1. The summed E-state index contributed by atoms with van der Waals surface area (Å²) in [6.45, 7) is 8.82. The molecule has 0 spiro atoms. The first-order chi connectivity index (χ1) is 17.2. The Hall–Kier alpha value is -3.00. The third-order valence-corrected chi connectivity index (χ3v) is 5.85. The van der Waals surface area contributed by atoms with Crippen molar-refractivity contribution in [2.24, 2.45) is 0 Å². The number of hydrogen-bond acceptors (Lipinski definition) is 6. The van der Waals surface area contributed by atoms with Crippen LogP contribution in [0.3, 0.4) is 0 Å². The van der Waals surface area contributed by atoms with Crippen molar-refractivity contribution >= 4 is 12.7 Å². The summed E-state index contributed by atoms with van der Waals surface area (Å²) in [5, 5.41) is 2.54. The predicted octanol–water partition coefficient (Wildman–Crippen LogP) is 1.80. The van der Waals surface area contributed by atoms with Gasteiger partial charge in [0.25, 0.3) is 0 Å². The summed E-state index contributed by atoms with van der Waals surface area (Å²) in [4.78, 5) is 12.7. The molecular formula is C28H37N2O5+. The third kappa shape index (κ3) is 8.94. The number of aryl methyl sites for hydroxylation is 2. The van der Waals surface area contributed by atoms with Gasteiger partial charge >= 0.3 is 5.97 Å². The largest absolute Gasteiger partial charge is 0.453 e. The predicted molar refractivity (Wildman–Crippen MR) is 135 cm³/mol. The Labute approximate surface area is 208 Å². The van der Waals surface area contributed by atoms with E-state index >= 15 is 0 Å². The lowest BCUT2D eigenvalue weighted by Gasteiger charge is -2.31. The average Bonchev–Trinajstić information content (AvgIpc) is 2.95.